The molecule has 4 atom stereocenters. The molecule has 0 N–H and O–H groups in total. The predicted octanol–water partition coefficient (Wildman–Crippen LogP) is 2.71. The summed E-state index contributed by atoms with van der Waals surface area (Å²) < 4.78 is 6.97. The lowest BCUT2D eigenvalue weighted by Crippen LogP contribution is -2.34. The van der Waals surface area contributed by atoms with Gasteiger partial charge in [-0.2, -0.15) is 0 Å². The molecule has 4 rings (SSSR count). The number of hydrogen-bond donors (Lipinski definition) is 0. The lowest BCUT2D eigenvalue weighted by Gasteiger charge is -2.32. The number of rotatable bonds is 3. The van der Waals surface area contributed by atoms with Crippen LogP contribution in [0.25, 0.3) is 0 Å². The summed E-state index contributed by atoms with van der Waals surface area (Å²) in [5, 5.41) is 0. The minimum absolute atomic E-state index is 0.220. The number of hydrogen-bond acceptors (Lipinski definition) is 4. The predicted molar refractivity (Wildman–Crippen MR) is 96.4 cm³/mol. The third-order valence-electron chi connectivity index (χ3n) is 5.60. The van der Waals surface area contributed by atoms with E-state index in [2.05, 4.69) is 0 Å². The molecule has 2 aliphatic rings. The number of fused-ring (bicyclic) bond motifs is 2. The van der Waals surface area contributed by atoms with Crippen molar-refractivity contribution < 1.29 is 14.0 Å². The number of carbonyl (C=O) groups is 2. The van der Waals surface area contributed by atoms with Gasteiger partial charge in [0.25, 0.3) is 0 Å². The second-order valence-electron chi connectivity index (χ2n) is 6.93. The van der Waals surface area contributed by atoms with Gasteiger partial charge >= 0.3 is 5.76 Å². The van der Waals surface area contributed by atoms with E-state index in [0.29, 0.717) is 23.7 Å². The van der Waals surface area contributed by atoms with Crippen molar-refractivity contribution >= 4 is 29.1 Å². The molecule has 1 aromatic carbocycles. The fraction of sp³-hybridized carbons (Fsp3) is 0.421. The Labute approximate surface area is 155 Å². The summed E-state index contributed by atoms with van der Waals surface area (Å²) >= 11 is 5.83. The number of anilines is 1. The molecule has 0 bridgehead atoms. The van der Waals surface area contributed by atoms with Crippen LogP contribution in [0.4, 0.5) is 5.69 Å². The van der Waals surface area contributed by atoms with E-state index in [1.54, 1.807) is 24.3 Å². The van der Waals surface area contributed by atoms with E-state index < -0.39 is 17.6 Å². The van der Waals surface area contributed by atoms with Crippen molar-refractivity contribution in [1.82, 2.24) is 4.57 Å². The number of nitrogens with zero attached hydrogens (tertiary/aromatic N) is 2. The number of aromatic nitrogens is 1. The standard InChI is InChI=1S/C19H19ClN2O4/c1-10-13-14(11(2)16-15(10)21(9-8-20)19(25)26-16)18(24)22(17(13)23)12-6-4-3-5-7-12/h3-7,10-11,13-14H,8-9H2,1-2H3. The second-order valence-corrected chi connectivity index (χ2v) is 7.31. The van der Waals surface area contributed by atoms with E-state index in [9.17, 15) is 14.4 Å². The lowest BCUT2D eigenvalue weighted by molar-refractivity contribution is -0.122. The van der Waals surface area contributed by atoms with E-state index >= 15 is 0 Å². The summed E-state index contributed by atoms with van der Waals surface area (Å²) in [7, 11) is 0. The molecule has 2 aromatic rings. The molecule has 0 spiro atoms. The van der Waals surface area contributed by atoms with Crippen LogP contribution in [0, 0.1) is 11.8 Å². The van der Waals surface area contributed by atoms with Crippen LogP contribution in [0.15, 0.2) is 39.5 Å². The SMILES string of the molecule is CC1c2oc(=O)n(CCCl)c2C(C)C2C(=O)N(c3ccccc3)C(=O)C12. The molecule has 1 aliphatic heterocycles. The zero-order valence-corrected chi connectivity index (χ0v) is 15.3. The topological polar surface area (TPSA) is 72.5 Å². The number of halogens is 1. The Morgan fingerprint density at radius 1 is 1.00 bits per heavy atom. The van der Waals surface area contributed by atoms with Crippen molar-refractivity contribution in [3.63, 3.8) is 0 Å². The number of carbonyl (C=O) groups excluding carboxylic acids is 2. The Balaban J connectivity index is 1.83. The number of alkyl halides is 1. The largest absolute Gasteiger partial charge is 0.419 e. The quantitative estimate of drug-likeness (QED) is 0.611. The fourth-order valence-corrected chi connectivity index (χ4v) is 4.62. The Kier molecular flexibility index (Phi) is 4.03. The second kappa shape index (κ2) is 6.13. The van der Waals surface area contributed by atoms with Crippen molar-refractivity contribution in [3.8, 4) is 0 Å². The maximum Gasteiger partial charge on any atom is 0.419 e. The molecule has 1 saturated heterocycles. The smallest absolute Gasteiger partial charge is 0.412 e. The summed E-state index contributed by atoms with van der Waals surface area (Å²) in [5.41, 5.74) is 1.27. The van der Waals surface area contributed by atoms with Crippen LogP contribution in [-0.4, -0.2) is 22.3 Å². The highest BCUT2D eigenvalue weighted by atomic mass is 35.5. The molecule has 1 fully saturated rings. The number of benzene rings is 1. The average Bonchev–Trinajstić information content (AvgIpc) is 3.09. The highest BCUT2D eigenvalue weighted by molar-refractivity contribution is 6.22. The van der Waals surface area contributed by atoms with Crippen LogP contribution in [0.1, 0.15) is 37.1 Å². The van der Waals surface area contributed by atoms with Gasteiger partial charge in [0.15, 0.2) is 0 Å². The fourth-order valence-electron chi connectivity index (χ4n) is 4.45. The minimum atomic E-state index is -0.528. The number of oxazole rings is 1. The molecule has 6 nitrogen and oxygen atoms in total. The Hall–Kier alpha value is -2.34. The normalized spacial score (nSPS) is 27.6. The van der Waals surface area contributed by atoms with Gasteiger partial charge in [-0.05, 0) is 12.1 Å². The van der Waals surface area contributed by atoms with E-state index in [4.69, 9.17) is 16.0 Å². The van der Waals surface area contributed by atoms with Crippen molar-refractivity contribution in [2.75, 3.05) is 10.8 Å². The van der Waals surface area contributed by atoms with Crippen LogP contribution in [0.3, 0.4) is 0 Å². The zero-order chi connectivity index (χ0) is 18.6. The van der Waals surface area contributed by atoms with Crippen molar-refractivity contribution in [1.29, 1.82) is 0 Å². The van der Waals surface area contributed by atoms with Crippen LogP contribution in [0.2, 0.25) is 0 Å². The highest BCUT2D eigenvalue weighted by Gasteiger charge is 2.57. The number of imide groups is 1. The molecule has 136 valence electrons. The van der Waals surface area contributed by atoms with Crippen molar-refractivity contribution in [3.05, 3.63) is 52.3 Å². The van der Waals surface area contributed by atoms with Gasteiger partial charge in [-0.25, -0.2) is 4.79 Å². The molecular formula is C19H19ClN2O4. The van der Waals surface area contributed by atoms with E-state index in [1.807, 2.05) is 19.9 Å². The number of para-hydroxylation sites is 1. The van der Waals surface area contributed by atoms with Crippen LogP contribution in [0.5, 0.6) is 0 Å². The van der Waals surface area contributed by atoms with Gasteiger partial charge in [0.1, 0.15) is 5.76 Å². The Bertz CT molecular complexity index is 933. The number of amides is 2. The molecule has 0 saturated carbocycles. The highest BCUT2D eigenvalue weighted by Crippen LogP contribution is 2.51. The third kappa shape index (κ3) is 2.21. The molecule has 7 heteroatoms. The first-order chi connectivity index (χ1) is 12.5. The molecule has 2 amide bonds. The summed E-state index contributed by atoms with van der Waals surface area (Å²) in [6, 6.07) is 8.94. The van der Waals surface area contributed by atoms with Gasteiger partial charge < -0.3 is 4.42 Å². The maximum absolute atomic E-state index is 13.2. The lowest BCUT2D eigenvalue weighted by atomic mass is 9.70. The molecule has 4 unspecified atom stereocenters. The Morgan fingerprint density at radius 3 is 2.23 bits per heavy atom. The molecule has 1 aromatic heterocycles. The molecule has 26 heavy (non-hydrogen) atoms. The molecule has 2 heterocycles. The summed E-state index contributed by atoms with van der Waals surface area (Å²) in [6.45, 7) is 4.04. The monoisotopic (exact) mass is 374 g/mol. The minimum Gasteiger partial charge on any atom is -0.412 e. The zero-order valence-electron chi connectivity index (χ0n) is 14.5. The molecule has 0 radical (unpaired) electrons. The first-order valence-corrected chi connectivity index (χ1v) is 9.23. The van der Waals surface area contributed by atoms with Crippen molar-refractivity contribution in [2.24, 2.45) is 11.8 Å². The molecule has 1 aliphatic carbocycles. The van der Waals surface area contributed by atoms with Crippen molar-refractivity contribution in [2.45, 2.75) is 32.2 Å². The van der Waals surface area contributed by atoms with Gasteiger partial charge in [-0.3, -0.25) is 19.1 Å². The summed E-state index contributed by atoms with van der Waals surface area (Å²) in [6.07, 6.45) is 0. The first kappa shape index (κ1) is 17.1. The van der Waals surface area contributed by atoms with Gasteiger partial charge in [0.2, 0.25) is 11.8 Å². The van der Waals surface area contributed by atoms with Crippen LogP contribution >= 0.6 is 11.6 Å². The summed E-state index contributed by atoms with van der Waals surface area (Å²) in [4.78, 5) is 39.7. The third-order valence-corrected chi connectivity index (χ3v) is 5.77. The van der Waals surface area contributed by atoms with Crippen LogP contribution < -0.4 is 10.7 Å². The molecular weight excluding hydrogens is 356 g/mol. The first-order valence-electron chi connectivity index (χ1n) is 8.69. The van der Waals surface area contributed by atoms with E-state index in [0.717, 1.165) is 0 Å². The van der Waals surface area contributed by atoms with E-state index in [-0.39, 0.29) is 29.5 Å². The average molecular weight is 375 g/mol. The maximum atomic E-state index is 13.2. The van der Waals surface area contributed by atoms with E-state index in [1.165, 1.54) is 9.47 Å². The van der Waals surface area contributed by atoms with Gasteiger partial charge in [0.05, 0.1) is 23.2 Å². The van der Waals surface area contributed by atoms with Gasteiger partial charge in [-0.15, -0.1) is 11.6 Å². The Morgan fingerprint density at radius 2 is 1.62 bits per heavy atom. The summed E-state index contributed by atoms with van der Waals surface area (Å²) in [5.74, 6) is -1.84. The van der Waals surface area contributed by atoms with Gasteiger partial charge in [-0.1, -0.05) is 32.0 Å². The van der Waals surface area contributed by atoms with Crippen LogP contribution in [-0.2, 0) is 16.1 Å². The van der Waals surface area contributed by atoms with Gasteiger partial charge in [0, 0.05) is 24.3 Å².